The maximum absolute atomic E-state index is 11.8. The molecule has 0 unspecified atom stereocenters. The first-order valence-corrected chi connectivity index (χ1v) is 11.9. The zero-order valence-electron chi connectivity index (χ0n) is 20.1. The zero-order valence-corrected chi connectivity index (χ0v) is 20.9. The molecule has 9 heteroatoms. The highest BCUT2D eigenvalue weighted by Gasteiger charge is 2.28. The van der Waals surface area contributed by atoms with Crippen LogP contribution in [-0.2, 0) is 14.3 Å². The van der Waals surface area contributed by atoms with Crippen LogP contribution in [0.15, 0.2) is 0 Å². The van der Waals surface area contributed by atoms with E-state index in [2.05, 4.69) is 0 Å². The molecular formula is C22H40N2O6S. The summed E-state index contributed by atoms with van der Waals surface area (Å²) < 4.78 is 10.5. The van der Waals surface area contributed by atoms with Crippen LogP contribution in [0.4, 0.5) is 9.59 Å². The fraction of sp³-hybridized carbons (Fsp3) is 0.864. The van der Waals surface area contributed by atoms with Crippen LogP contribution in [0.1, 0.15) is 74.1 Å². The molecule has 0 aliphatic carbocycles. The largest absolute Gasteiger partial charge is 0.444 e. The van der Waals surface area contributed by atoms with Gasteiger partial charge in [0.1, 0.15) is 11.2 Å². The van der Waals surface area contributed by atoms with Crippen LogP contribution in [0.3, 0.4) is 0 Å². The molecule has 2 saturated heterocycles. The second kappa shape index (κ2) is 11.9. The second-order valence-electron chi connectivity index (χ2n) is 9.97. The Kier molecular flexibility index (Phi) is 10.6. The molecule has 2 aliphatic heterocycles. The Morgan fingerprint density at radius 1 is 0.774 bits per heavy atom. The molecule has 180 valence electrons. The normalized spacial score (nSPS) is 18.7. The SMILES string of the molecule is CC(=O)SC1CCN(C(=O)OC(C)(C)C)CC1.CC(C)(C)OC(=O)N1CCC(O)CC1. The molecule has 0 radical (unpaired) electrons. The average molecular weight is 461 g/mol. The molecule has 0 aromatic rings. The van der Waals surface area contributed by atoms with Gasteiger partial charge in [0.15, 0.2) is 5.12 Å². The first-order chi connectivity index (χ1) is 14.2. The highest BCUT2D eigenvalue weighted by Crippen LogP contribution is 2.24. The molecule has 2 heterocycles. The minimum Gasteiger partial charge on any atom is -0.444 e. The fourth-order valence-electron chi connectivity index (χ4n) is 3.09. The molecule has 0 aromatic heterocycles. The molecule has 1 N–H and O–H groups in total. The molecule has 31 heavy (non-hydrogen) atoms. The number of carbonyl (C=O) groups excluding carboxylic acids is 3. The van der Waals surface area contributed by atoms with E-state index in [0.29, 0.717) is 44.3 Å². The summed E-state index contributed by atoms with van der Waals surface area (Å²) in [5, 5.41) is 9.77. The number of thioether (sulfide) groups is 1. The van der Waals surface area contributed by atoms with Gasteiger partial charge in [0, 0.05) is 38.4 Å². The highest BCUT2D eigenvalue weighted by atomic mass is 32.2. The van der Waals surface area contributed by atoms with Crippen LogP contribution < -0.4 is 0 Å². The molecule has 2 rings (SSSR count). The van der Waals surface area contributed by atoms with Gasteiger partial charge in [-0.3, -0.25) is 4.79 Å². The summed E-state index contributed by atoms with van der Waals surface area (Å²) in [6.07, 6.45) is 2.26. The quantitative estimate of drug-likeness (QED) is 0.631. The number of hydrogen-bond donors (Lipinski definition) is 1. The van der Waals surface area contributed by atoms with Crippen molar-refractivity contribution in [1.82, 2.24) is 9.80 Å². The molecule has 0 bridgehead atoms. The van der Waals surface area contributed by atoms with Crippen LogP contribution in [0.25, 0.3) is 0 Å². The molecular weight excluding hydrogens is 420 g/mol. The van der Waals surface area contributed by atoms with Crippen LogP contribution in [0, 0.1) is 0 Å². The second-order valence-corrected chi connectivity index (χ2v) is 11.5. The van der Waals surface area contributed by atoms with Crippen LogP contribution in [0.2, 0.25) is 0 Å². The van der Waals surface area contributed by atoms with Crippen LogP contribution in [-0.4, -0.2) is 80.9 Å². The van der Waals surface area contributed by atoms with Crippen molar-refractivity contribution in [1.29, 1.82) is 0 Å². The minimum absolute atomic E-state index is 0.153. The minimum atomic E-state index is -0.442. The molecule has 0 atom stereocenters. The van der Waals surface area contributed by atoms with E-state index in [0.717, 1.165) is 12.8 Å². The maximum Gasteiger partial charge on any atom is 0.410 e. The topological polar surface area (TPSA) is 96.4 Å². The molecule has 0 saturated carbocycles. The van der Waals surface area contributed by atoms with Crippen molar-refractivity contribution in [2.45, 2.75) is 96.7 Å². The van der Waals surface area contributed by atoms with E-state index in [1.54, 1.807) is 16.7 Å². The lowest BCUT2D eigenvalue weighted by atomic mass is 10.1. The summed E-state index contributed by atoms with van der Waals surface area (Å²) in [7, 11) is 0. The summed E-state index contributed by atoms with van der Waals surface area (Å²) >= 11 is 1.38. The van der Waals surface area contributed by atoms with Crippen molar-refractivity contribution in [3.63, 3.8) is 0 Å². The maximum atomic E-state index is 11.8. The van der Waals surface area contributed by atoms with Gasteiger partial charge in [-0.1, -0.05) is 11.8 Å². The van der Waals surface area contributed by atoms with E-state index >= 15 is 0 Å². The van der Waals surface area contributed by atoms with Gasteiger partial charge in [-0.05, 0) is 67.2 Å². The molecule has 2 amide bonds. The lowest BCUT2D eigenvalue weighted by Crippen LogP contribution is -2.42. The van der Waals surface area contributed by atoms with E-state index < -0.39 is 11.2 Å². The summed E-state index contributed by atoms with van der Waals surface area (Å²) in [5.41, 5.74) is -0.880. The molecule has 2 aliphatic rings. The third-order valence-corrected chi connectivity index (χ3v) is 5.68. The van der Waals surface area contributed by atoms with Crippen molar-refractivity contribution in [2.24, 2.45) is 0 Å². The van der Waals surface area contributed by atoms with E-state index in [1.165, 1.54) is 11.8 Å². The molecule has 0 spiro atoms. The van der Waals surface area contributed by atoms with Crippen molar-refractivity contribution in [3.05, 3.63) is 0 Å². The van der Waals surface area contributed by atoms with E-state index in [4.69, 9.17) is 9.47 Å². The summed E-state index contributed by atoms with van der Waals surface area (Å²) in [6, 6.07) is 0. The molecule has 2 fully saturated rings. The van der Waals surface area contributed by atoms with Gasteiger partial charge in [-0.15, -0.1) is 0 Å². The molecule has 0 aromatic carbocycles. The zero-order chi connectivity index (χ0) is 23.8. The van der Waals surface area contributed by atoms with Crippen LogP contribution in [0.5, 0.6) is 0 Å². The van der Waals surface area contributed by atoms with Gasteiger partial charge in [0.05, 0.1) is 6.10 Å². The first kappa shape index (κ1) is 27.6. The Hall–Kier alpha value is -1.48. The van der Waals surface area contributed by atoms with E-state index in [9.17, 15) is 19.5 Å². The van der Waals surface area contributed by atoms with Gasteiger partial charge >= 0.3 is 12.2 Å². The number of ether oxygens (including phenoxy) is 2. The number of nitrogens with zero attached hydrogens (tertiary/aromatic N) is 2. The highest BCUT2D eigenvalue weighted by molar-refractivity contribution is 8.14. The Balaban J connectivity index is 0.000000316. The molecule has 8 nitrogen and oxygen atoms in total. The van der Waals surface area contributed by atoms with Crippen molar-refractivity contribution >= 4 is 29.1 Å². The number of likely N-dealkylation sites (tertiary alicyclic amines) is 2. The number of aliphatic hydroxyl groups is 1. The smallest absolute Gasteiger partial charge is 0.410 e. The van der Waals surface area contributed by atoms with Gasteiger partial charge in [0.2, 0.25) is 0 Å². The Morgan fingerprint density at radius 3 is 1.45 bits per heavy atom. The van der Waals surface area contributed by atoms with E-state index in [-0.39, 0.29) is 23.4 Å². The Labute approximate surface area is 191 Å². The number of hydrogen-bond acceptors (Lipinski definition) is 7. The number of aliphatic hydroxyl groups excluding tert-OH is 1. The van der Waals surface area contributed by atoms with Gasteiger partial charge in [-0.2, -0.15) is 0 Å². The average Bonchev–Trinajstić information content (AvgIpc) is 2.60. The Morgan fingerprint density at radius 2 is 1.13 bits per heavy atom. The van der Waals surface area contributed by atoms with E-state index in [1.807, 2.05) is 41.5 Å². The lowest BCUT2D eigenvalue weighted by Gasteiger charge is -2.32. The standard InChI is InChI=1S/C12H21NO3S.C10H19NO3/c1-9(14)17-10-5-7-13(8-6-10)11(15)16-12(2,3)4;1-10(2,3)14-9(13)11-6-4-8(12)5-7-11/h10H,5-8H2,1-4H3;8,12H,4-7H2,1-3H3. The van der Waals surface area contributed by atoms with Gasteiger partial charge < -0.3 is 24.4 Å². The van der Waals surface area contributed by atoms with Crippen molar-refractivity contribution < 1.29 is 29.0 Å². The van der Waals surface area contributed by atoms with Crippen molar-refractivity contribution in [2.75, 3.05) is 26.2 Å². The van der Waals surface area contributed by atoms with Crippen LogP contribution >= 0.6 is 11.8 Å². The number of piperidine rings is 2. The van der Waals surface area contributed by atoms with Gasteiger partial charge in [-0.25, -0.2) is 9.59 Å². The van der Waals surface area contributed by atoms with Gasteiger partial charge in [0.25, 0.3) is 0 Å². The van der Waals surface area contributed by atoms with Crippen molar-refractivity contribution in [3.8, 4) is 0 Å². The predicted molar refractivity (Wildman–Crippen MR) is 122 cm³/mol. The summed E-state index contributed by atoms with van der Waals surface area (Å²) in [4.78, 5) is 37.7. The number of amides is 2. The third-order valence-electron chi connectivity index (χ3n) is 4.54. The number of carbonyl (C=O) groups is 3. The number of rotatable bonds is 1. The third kappa shape index (κ3) is 12.2. The lowest BCUT2D eigenvalue weighted by molar-refractivity contribution is -0.109. The monoisotopic (exact) mass is 460 g/mol. The first-order valence-electron chi connectivity index (χ1n) is 11.0. The summed E-state index contributed by atoms with van der Waals surface area (Å²) in [5.74, 6) is 0. The predicted octanol–water partition coefficient (Wildman–Crippen LogP) is 4.04. The summed E-state index contributed by atoms with van der Waals surface area (Å²) in [6.45, 7) is 15.3. The fourth-order valence-corrected chi connectivity index (χ4v) is 4.01. The Bertz CT molecular complexity index is 598.